The fourth-order valence-electron chi connectivity index (χ4n) is 3.74. The van der Waals surface area contributed by atoms with Crippen molar-refractivity contribution in [2.45, 2.75) is 32.2 Å². The first kappa shape index (κ1) is 31.9. The number of imidazole rings is 1. The summed E-state index contributed by atoms with van der Waals surface area (Å²) in [6, 6.07) is 15.5. The normalized spacial score (nSPS) is 11.6. The first-order valence-corrected chi connectivity index (χ1v) is 13.7. The van der Waals surface area contributed by atoms with E-state index < -0.39 is 6.10 Å². The number of nitrogens with one attached hydrogen (secondary N) is 1. The van der Waals surface area contributed by atoms with Crippen LogP contribution in [0.5, 0.6) is 0 Å². The van der Waals surface area contributed by atoms with Gasteiger partial charge in [-0.15, -0.1) is 0 Å². The number of halogens is 7. The zero-order chi connectivity index (χ0) is 27.2. The molecule has 0 aliphatic heterocycles. The first-order valence-electron chi connectivity index (χ1n) is 11.5. The summed E-state index contributed by atoms with van der Waals surface area (Å²) in [6.45, 7) is 1.19. The van der Waals surface area contributed by atoms with Crippen LogP contribution in [0, 0.1) is 0 Å². The zero-order valence-electron chi connectivity index (χ0n) is 20.2. The number of benzene rings is 3. The number of ether oxygens (including phenoxy) is 1. The molecular formula is C27H22Cl7N3O2. The number of carbonyl (C=O) groups is 1. The van der Waals surface area contributed by atoms with Gasteiger partial charge in [0.2, 0.25) is 12.2 Å². The van der Waals surface area contributed by atoms with Crippen LogP contribution in [0.25, 0.3) is 0 Å². The number of amides is 1. The van der Waals surface area contributed by atoms with Gasteiger partial charge in [0.15, 0.2) is 0 Å². The van der Waals surface area contributed by atoms with E-state index in [0.717, 1.165) is 11.1 Å². The maximum absolute atomic E-state index is 12.4. The van der Waals surface area contributed by atoms with Crippen LogP contribution in [-0.4, -0.2) is 10.5 Å². The van der Waals surface area contributed by atoms with E-state index in [1.807, 2.05) is 40.0 Å². The summed E-state index contributed by atoms with van der Waals surface area (Å²) < 4.78 is 10.2. The molecule has 0 saturated carbocycles. The average molecular weight is 669 g/mol. The molecule has 1 N–H and O–H groups in total. The van der Waals surface area contributed by atoms with Crippen LogP contribution in [0.4, 0.5) is 5.69 Å². The van der Waals surface area contributed by atoms with Gasteiger partial charge in [-0.2, -0.15) is 0 Å². The predicted molar refractivity (Wildman–Crippen MR) is 155 cm³/mol. The molecule has 39 heavy (non-hydrogen) atoms. The van der Waals surface area contributed by atoms with Gasteiger partial charge in [-0.05, 0) is 48.0 Å². The lowest BCUT2D eigenvalue weighted by atomic mass is 10.1. The zero-order valence-corrected chi connectivity index (χ0v) is 25.5. The molecule has 0 saturated heterocycles. The minimum atomic E-state index is -0.400. The van der Waals surface area contributed by atoms with Crippen molar-refractivity contribution in [2.75, 3.05) is 5.32 Å². The van der Waals surface area contributed by atoms with Gasteiger partial charge in [-0.3, -0.25) is 4.79 Å². The largest absolute Gasteiger partial charge is 1.00 e. The molecule has 4 aromatic rings. The number of nitrogens with zero attached hydrogens (tertiary/aromatic N) is 2. The molecule has 12 heteroatoms. The monoisotopic (exact) mass is 665 g/mol. The summed E-state index contributed by atoms with van der Waals surface area (Å²) >= 11 is 37.0. The maximum atomic E-state index is 12.4. The Morgan fingerprint density at radius 3 is 2.18 bits per heavy atom. The van der Waals surface area contributed by atoms with Gasteiger partial charge in [-0.25, -0.2) is 9.13 Å². The third kappa shape index (κ3) is 9.17. The Morgan fingerprint density at radius 2 is 1.51 bits per heavy atom. The molecule has 0 spiro atoms. The number of hydrogen-bond acceptors (Lipinski definition) is 2. The fraction of sp³-hybridized carbons (Fsp3) is 0.185. The van der Waals surface area contributed by atoms with Crippen molar-refractivity contribution in [1.82, 2.24) is 4.57 Å². The molecule has 1 unspecified atom stereocenters. The molecule has 3 aromatic carbocycles. The third-order valence-electron chi connectivity index (χ3n) is 5.69. The van der Waals surface area contributed by atoms with Crippen molar-refractivity contribution in [3.8, 4) is 0 Å². The Labute approximate surface area is 262 Å². The van der Waals surface area contributed by atoms with Crippen LogP contribution in [0.2, 0.25) is 30.1 Å². The lowest BCUT2D eigenvalue weighted by molar-refractivity contribution is -0.704. The van der Waals surface area contributed by atoms with Gasteiger partial charge in [0.25, 0.3) is 0 Å². The summed E-state index contributed by atoms with van der Waals surface area (Å²) in [5, 5.41) is 5.81. The highest BCUT2D eigenvalue weighted by atomic mass is 35.5. The molecule has 0 radical (unpaired) electrons. The lowest BCUT2D eigenvalue weighted by Gasteiger charge is -2.19. The van der Waals surface area contributed by atoms with Crippen LogP contribution < -0.4 is 22.3 Å². The minimum Gasteiger partial charge on any atom is -1.00 e. The quantitative estimate of drug-likeness (QED) is 0.221. The van der Waals surface area contributed by atoms with Gasteiger partial charge >= 0.3 is 0 Å². The molecule has 4 rings (SSSR count). The molecule has 0 aliphatic rings. The number of carbonyl (C=O) groups excluding carboxylic acids is 1. The molecule has 1 atom stereocenters. The van der Waals surface area contributed by atoms with Crippen LogP contribution in [0.1, 0.15) is 23.7 Å². The molecule has 0 aliphatic carbocycles. The van der Waals surface area contributed by atoms with Crippen LogP contribution in [0.3, 0.4) is 0 Å². The van der Waals surface area contributed by atoms with Gasteiger partial charge in [0.1, 0.15) is 25.0 Å². The molecule has 1 amide bonds. The second kappa shape index (κ2) is 14.8. The second-order valence-corrected chi connectivity index (χ2v) is 11.0. The van der Waals surface area contributed by atoms with E-state index in [-0.39, 0.29) is 31.3 Å². The Balaban J connectivity index is 0.00000420. The van der Waals surface area contributed by atoms with E-state index in [0.29, 0.717) is 48.9 Å². The van der Waals surface area contributed by atoms with Gasteiger partial charge in [0, 0.05) is 30.7 Å². The number of aromatic nitrogens is 2. The molecule has 0 bridgehead atoms. The average Bonchev–Trinajstić information content (AvgIpc) is 3.31. The van der Waals surface area contributed by atoms with Crippen molar-refractivity contribution in [3.05, 3.63) is 115 Å². The highest BCUT2D eigenvalue weighted by Crippen LogP contribution is 2.31. The Morgan fingerprint density at radius 1 is 0.872 bits per heavy atom. The van der Waals surface area contributed by atoms with E-state index in [2.05, 4.69) is 5.32 Å². The van der Waals surface area contributed by atoms with Crippen molar-refractivity contribution >= 4 is 81.2 Å². The summed E-state index contributed by atoms with van der Waals surface area (Å²) in [4.78, 5) is 12.4. The standard InChI is InChI=1S/C27H21Cl6N3O2.ClH/c28-18-2-1-17(22(31)11-18)15-38-26(21-5-3-19(29)12-23(21)32)14-36-10-9-35(16-36)8-7-27(37)34-25-6-4-20(30)13-24(25)33;/h1-6,9-13,16,26H,7-8,14-15H2;1H. The SMILES string of the molecule is O=C(CCn1cc[n+](CC(OCc2ccc(Cl)cc2Cl)c2ccc(Cl)cc2Cl)c1)Nc1ccc(Cl)cc1Cl.[Cl-]. The van der Waals surface area contributed by atoms with E-state index >= 15 is 0 Å². The van der Waals surface area contributed by atoms with E-state index in [1.54, 1.807) is 42.5 Å². The summed E-state index contributed by atoms with van der Waals surface area (Å²) in [5.74, 6) is -0.163. The molecular weight excluding hydrogens is 646 g/mol. The number of aryl methyl sites for hydroxylation is 1. The van der Waals surface area contributed by atoms with Crippen molar-refractivity contribution in [2.24, 2.45) is 0 Å². The number of anilines is 1. The molecule has 206 valence electrons. The number of hydrogen-bond donors (Lipinski definition) is 1. The summed E-state index contributed by atoms with van der Waals surface area (Å²) in [6.07, 6.45) is 5.55. The summed E-state index contributed by atoms with van der Waals surface area (Å²) in [7, 11) is 0. The van der Waals surface area contributed by atoms with Gasteiger partial charge in [0.05, 0.1) is 30.3 Å². The van der Waals surface area contributed by atoms with Crippen LogP contribution in [-0.2, 0) is 29.2 Å². The van der Waals surface area contributed by atoms with E-state index in [1.165, 1.54) is 0 Å². The lowest BCUT2D eigenvalue weighted by Crippen LogP contribution is -3.00. The van der Waals surface area contributed by atoms with Crippen molar-refractivity contribution in [1.29, 1.82) is 0 Å². The van der Waals surface area contributed by atoms with Crippen molar-refractivity contribution in [3.63, 3.8) is 0 Å². The van der Waals surface area contributed by atoms with E-state index in [9.17, 15) is 4.79 Å². The van der Waals surface area contributed by atoms with Crippen molar-refractivity contribution < 1.29 is 26.5 Å². The highest BCUT2D eigenvalue weighted by Gasteiger charge is 2.21. The first-order chi connectivity index (χ1) is 18.2. The maximum Gasteiger partial charge on any atom is 0.243 e. The third-order valence-corrected chi connectivity index (χ3v) is 7.39. The van der Waals surface area contributed by atoms with Gasteiger partial charge < -0.3 is 22.5 Å². The summed E-state index contributed by atoms with van der Waals surface area (Å²) in [5.41, 5.74) is 2.12. The molecule has 1 aromatic heterocycles. The van der Waals surface area contributed by atoms with Crippen LogP contribution in [0.15, 0.2) is 73.3 Å². The smallest absolute Gasteiger partial charge is 0.243 e. The molecule has 5 nitrogen and oxygen atoms in total. The Hall–Kier alpha value is -1.67. The molecule has 1 heterocycles. The minimum absolute atomic E-state index is 0. The van der Waals surface area contributed by atoms with Gasteiger partial charge in [-0.1, -0.05) is 81.7 Å². The topological polar surface area (TPSA) is 47.1 Å². The second-order valence-electron chi connectivity index (χ2n) is 8.47. The fourth-order valence-corrected chi connectivity index (χ4v) is 5.19. The highest BCUT2D eigenvalue weighted by molar-refractivity contribution is 6.37. The number of rotatable bonds is 10. The Kier molecular flexibility index (Phi) is 12.1. The predicted octanol–water partition coefficient (Wildman–Crippen LogP) is 5.69. The Bertz CT molecular complexity index is 1440. The van der Waals surface area contributed by atoms with E-state index in [4.69, 9.17) is 74.3 Å². The molecule has 0 fully saturated rings. The van der Waals surface area contributed by atoms with Crippen LogP contribution >= 0.6 is 69.6 Å².